The van der Waals surface area contributed by atoms with Gasteiger partial charge < -0.3 is 15.5 Å². The number of hydrogen-bond acceptors (Lipinski definition) is 9. The molecule has 4 aromatic rings. The smallest absolute Gasteiger partial charge is 0.261 e. The summed E-state index contributed by atoms with van der Waals surface area (Å²) in [5.74, 6) is 0.550. The lowest BCUT2D eigenvalue weighted by Gasteiger charge is -2.33. The Bertz CT molecular complexity index is 1720. The predicted octanol–water partition coefficient (Wildman–Crippen LogP) is 6.10. The maximum absolute atomic E-state index is 15.2. The molecule has 4 heterocycles. The van der Waals surface area contributed by atoms with E-state index < -0.39 is 0 Å². The zero-order chi connectivity index (χ0) is 31.5. The quantitative estimate of drug-likeness (QED) is 0.213. The summed E-state index contributed by atoms with van der Waals surface area (Å²) >= 11 is 1.61. The third kappa shape index (κ3) is 7.00. The van der Waals surface area contributed by atoms with E-state index in [0.717, 1.165) is 30.6 Å². The van der Waals surface area contributed by atoms with Crippen molar-refractivity contribution in [3.63, 3.8) is 0 Å². The number of aromatic nitrogens is 4. The molecule has 2 fully saturated rings. The van der Waals surface area contributed by atoms with Crippen LogP contribution in [0.4, 0.5) is 21.7 Å². The second-order valence-corrected chi connectivity index (χ2v) is 13.4. The van der Waals surface area contributed by atoms with Crippen molar-refractivity contribution in [2.75, 3.05) is 49.7 Å². The molecule has 0 spiro atoms. The summed E-state index contributed by atoms with van der Waals surface area (Å²) in [6, 6.07) is 9.49. The molecule has 6 rings (SSSR count). The van der Waals surface area contributed by atoms with Crippen LogP contribution in [0.3, 0.4) is 0 Å². The SMILES string of the molecule is CSN(C)CCn1c(=O)c(-c2ncc(C3CCCCC3)cc2C)cc2cnc(Nc3ccc(N4CCNC(C)C4)c(F)c3)nc21. The number of piperazine rings is 1. The Morgan fingerprint density at radius 2 is 1.96 bits per heavy atom. The molecule has 1 aliphatic carbocycles. The maximum Gasteiger partial charge on any atom is 0.261 e. The summed E-state index contributed by atoms with van der Waals surface area (Å²) in [5, 5.41) is 7.29. The first kappa shape index (κ1) is 31.4. The molecule has 1 unspecified atom stereocenters. The van der Waals surface area contributed by atoms with E-state index in [1.165, 1.54) is 43.7 Å². The second kappa shape index (κ2) is 13.8. The van der Waals surface area contributed by atoms with Crippen LogP contribution >= 0.6 is 11.9 Å². The Hall–Kier alpha value is -3.54. The number of nitrogens with one attached hydrogen (secondary N) is 2. The van der Waals surface area contributed by atoms with Crippen LogP contribution in [0.5, 0.6) is 0 Å². The van der Waals surface area contributed by atoms with Gasteiger partial charge in [0, 0.05) is 62.2 Å². The minimum Gasteiger partial charge on any atom is -0.366 e. The van der Waals surface area contributed by atoms with Gasteiger partial charge >= 0.3 is 0 Å². The lowest BCUT2D eigenvalue weighted by molar-refractivity contribution is 0.443. The summed E-state index contributed by atoms with van der Waals surface area (Å²) in [7, 11) is 2.00. The van der Waals surface area contributed by atoms with Gasteiger partial charge in [0.1, 0.15) is 11.5 Å². The number of aryl methyl sites for hydroxylation is 1. The van der Waals surface area contributed by atoms with Gasteiger partial charge in [-0.1, -0.05) is 37.3 Å². The zero-order valence-electron chi connectivity index (χ0n) is 26.6. The van der Waals surface area contributed by atoms with E-state index in [9.17, 15) is 4.79 Å². The summed E-state index contributed by atoms with van der Waals surface area (Å²) in [5.41, 5.74) is 5.04. The highest BCUT2D eigenvalue weighted by Crippen LogP contribution is 2.34. The van der Waals surface area contributed by atoms with Gasteiger partial charge in [-0.3, -0.25) is 18.7 Å². The first-order valence-electron chi connectivity index (χ1n) is 16.0. The molecule has 11 heteroatoms. The van der Waals surface area contributed by atoms with Crippen molar-refractivity contribution < 1.29 is 4.39 Å². The van der Waals surface area contributed by atoms with Gasteiger partial charge in [-0.2, -0.15) is 4.98 Å². The Morgan fingerprint density at radius 1 is 1.13 bits per heavy atom. The molecule has 1 saturated heterocycles. The van der Waals surface area contributed by atoms with E-state index in [1.807, 2.05) is 38.6 Å². The molecule has 0 radical (unpaired) electrons. The van der Waals surface area contributed by atoms with E-state index in [1.54, 1.807) is 28.8 Å². The van der Waals surface area contributed by atoms with Crippen molar-refractivity contribution in [3.8, 4) is 11.3 Å². The number of nitrogens with zero attached hydrogens (tertiary/aromatic N) is 6. The lowest BCUT2D eigenvalue weighted by Crippen LogP contribution is -2.49. The first-order chi connectivity index (χ1) is 21.8. The van der Waals surface area contributed by atoms with E-state index in [0.29, 0.717) is 59.3 Å². The molecule has 1 saturated carbocycles. The zero-order valence-corrected chi connectivity index (χ0v) is 27.5. The lowest BCUT2D eigenvalue weighted by atomic mass is 9.84. The molecule has 1 atom stereocenters. The largest absolute Gasteiger partial charge is 0.366 e. The van der Waals surface area contributed by atoms with Crippen LogP contribution in [-0.4, -0.2) is 69.3 Å². The van der Waals surface area contributed by atoms with Crippen LogP contribution in [0.15, 0.2) is 47.5 Å². The minimum atomic E-state index is -0.297. The van der Waals surface area contributed by atoms with Gasteiger partial charge in [0.25, 0.3) is 5.56 Å². The van der Waals surface area contributed by atoms with Gasteiger partial charge in [-0.25, -0.2) is 9.37 Å². The molecule has 45 heavy (non-hydrogen) atoms. The summed E-state index contributed by atoms with van der Waals surface area (Å²) in [4.78, 5) is 30.3. The number of pyridine rings is 2. The number of fused-ring (bicyclic) bond motifs is 1. The minimum absolute atomic E-state index is 0.136. The molecule has 9 nitrogen and oxygen atoms in total. The number of hydrogen-bond donors (Lipinski definition) is 2. The van der Waals surface area contributed by atoms with Gasteiger partial charge in [0.05, 0.1) is 16.9 Å². The van der Waals surface area contributed by atoms with Crippen molar-refractivity contribution >= 4 is 40.3 Å². The van der Waals surface area contributed by atoms with Crippen LogP contribution in [-0.2, 0) is 6.54 Å². The molecule has 0 amide bonds. The van der Waals surface area contributed by atoms with Crippen LogP contribution in [0.25, 0.3) is 22.3 Å². The van der Waals surface area contributed by atoms with Gasteiger partial charge in [-0.05, 0) is 81.3 Å². The van der Waals surface area contributed by atoms with Gasteiger partial charge in [0.15, 0.2) is 0 Å². The molecule has 1 aromatic carbocycles. The average molecular weight is 631 g/mol. The Balaban J connectivity index is 1.33. The fourth-order valence-electron chi connectivity index (χ4n) is 6.59. The summed E-state index contributed by atoms with van der Waals surface area (Å²) in [6.07, 6.45) is 11.9. The Labute approximate surface area is 268 Å². The predicted molar refractivity (Wildman–Crippen MR) is 183 cm³/mol. The molecule has 1 aliphatic heterocycles. The second-order valence-electron chi connectivity index (χ2n) is 12.4. The average Bonchev–Trinajstić information content (AvgIpc) is 3.04. The number of halogens is 1. The molecular formula is C34H43FN8OS. The highest BCUT2D eigenvalue weighted by molar-refractivity contribution is 7.96. The fourth-order valence-corrected chi connectivity index (χ4v) is 6.85. The van der Waals surface area contributed by atoms with Crippen molar-refractivity contribution in [2.45, 2.75) is 64.5 Å². The van der Waals surface area contributed by atoms with E-state index >= 15 is 4.39 Å². The van der Waals surface area contributed by atoms with Crippen molar-refractivity contribution in [3.05, 3.63) is 70.0 Å². The monoisotopic (exact) mass is 630 g/mol. The first-order valence-corrected chi connectivity index (χ1v) is 17.2. The topological polar surface area (TPSA) is 91.2 Å². The summed E-state index contributed by atoms with van der Waals surface area (Å²) in [6.45, 7) is 7.57. The standard InChI is InChI=1S/C34H43FN8OS/c1-22-16-25(24-8-6-5-7-9-24)19-37-31(22)28-17-26-20-38-34(40-32(26)43(33(28)44)15-14-41(3)45-4)39-27-10-11-30(29(35)18-27)42-13-12-36-23(2)21-42/h10-11,16-20,23-24,36H,5-9,12-15,21H2,1-4H3,(H,38,39,40). The summed E-state index contributed by atoms with van der Waals surface area (Å²) < 4.78 is 19.0. The highest BCUT2D eigenvalue weighted by atomic mass is 32.2. The maximum atomic E-state index is 15.2. The van der Waals surface area contributed by atoms with Crippen molar-refractivity contribution in [1.82, 2.24) is 29.1 Å². The molecule has 0 bridgehead atoms. The Kier molecular flexibility index (Phi) is 9.67. The fraction of sp³-hybridized carbons (Fsp3) is 0.471. The third-order valence-corrected chi connectivity index (χ3v) is 9.93. The van der Waals surface area contributed by atoms with Crippen molar-refractivity contribution in [2.24, 2.45) is 0 Å². The van der Waals surface area contributed by atoms with Crippen LogP contribution in [0.1, 0.15) is 56.1 Å². The van der Waals surface area contributed by atoms with Crippen LogP contribution in [0.2, 0.25) is 0 Å². The number of likely N-dealkylation sites (N-methyl/N-ethyl adjacent to an activating group) is 1. The van der Waals surface area contributed by atoms with E-state index in [4.69, 9.17) is 9.97 Å². The molecule has 2 aliphatic rings. The third-order valence-electron chi connectivity index (χ3n) is 9.12. The molecule has 3 aromatic heterocycles. The molecule has 2 N–H and O–H groups in total. The van der Waals surface area contributed by atoms with Crippen LogP contribution in [0, 0.1) is 12.7 Å². The highest BCUT2D eigenvalue weighted by Gasteiger charge is 2.21. The number of rotatable bonds is 9. The molecule has 238 valence electrons. The number of benzene rings is 1. The molecular weight excluding hydrogens is 587 g/mol. The van der Waals surface area contributed by atoms with Gasteiger partial charge in [-0.15, -0.1) is 0 Å². The van der Waals surface area contributed by atoms with E-state index in [-0.39, 0.29) is 11.4 Å². The normalized spacial score (nSPS) is 17.7. The van der Waals surface area contributed by atoms with E-state index in [2.05, 4.69) is 37.8 Å². The van der Waals surface area contributed by atoms with Crippen molar-refractivity contribution in [1.29, 1.82) is 0 Å². The van der Waals surface area contributed by atoms with Crippen LogP contribution < -0.4 is 21.1 Å². The van der Waals surface area contributed by atoms with Gasteiger partial charge in [0.2, 0.25) is 5.95 Å². The Morgan fingerprint density at radius 3 is 2.69 bits per heavy atom. The number of anilines is 3.